The van der Waals surface area contributed by atoms with E-state index in [-0.39, 0.29) is 11.4 Å². The number of rotatable bonds is 7. The Kier molecular flexibility index (Phi) is 7.38. The van der Waals surface area contributed by atoms with Crippen molar-refractivity contribution < 1.29 is 18.7 Å². The van der Waals surface area contributed by atoms with E-state index in [0.717, 1.165) is 43.9 Å². The zero-order chi connectivity index (χ0) is 25.6. The van der Waals surface area contributed by atoms with E-state index in [2.05, 4.69) is 25.8 Å². The SMILES string of the molecule is COc1ccc(NC(=O)Nc2ccc(Oc3ccc4ncc(CN5CCNCC5)nc4c3)c(F)c2)cc1. The van der Waals surface area contributed by atoms with Crippen LogP contribution in [0.15, 0.2) is 66.9 Å². The van der Waals surface area contributed by atoms with E-state index in [4.69, 9.17) is 14.5 Å². The minimum absolute atomic E-state index is 0.0328. The fourth-order valence-electron chi connectivity index (χ4n) is 4.02. The fraction of sp³-hybridized carbons (Fsp3) is 0.222. The van der Waals surface area contributed by atoms with Crippen LogP contribution in [0.2, 0.25) is 0 Å². The third kappa shape index (κ3) is 6.29. The Morgan fingerprint density at radius 2 is 1.70 bits per heavy atom. The predicted molar refractivity (Wildman–Crippen MR) is 140 cm³/mol. The maximum atomic E-state index is 14.8. The molecular formula is C27H27FN6O3. The van der Waals surface area contributed by atoms with E-state index in [1.807, 2.05) is 0 Å². The molecule has 1 aliphatic rings. The lowest BCUT2D eigenvalue weighted by molar-refractivity contribution is 0.230. The molecule has 3 N–H and O–H groups in total. The number of carbonyl (C=O) groups is 1. The summed E-state index contributed by atoms with van der Waals surface area (Å²) >= 11 is 0. The molecule has 0 unspecified atom stereocenters. The van der Waals surface area contributed by atoms with Gasteiger partial charge < -0.3 is 25.4 Å². The number of urea groups is 1. The molecule has 0 atom stereocenters. The number of hydrogen-bond acceptors (Lipinski definition) is 7. The van der Waals surface area contributed by atoms with E-state index < -0.39 is 11.8 Å². The van der Waals surface area contributed by atoms with Crippen LogP contribution in [0.25, 0.3) is 11.0 Å². The molecule has 10 heteroatoms. The van der Waals surface area contributed by atoms with Crippen molar-refractivity contribution in [3.05, 3.63) is 78.4 Å². The second-order valence-electron chi connectivity index (χ2n) is 8.59. The Morgan fingerprint density at radius 1 is 0.973 bits per heavy atom. The summed E-state index contributed by atoms with van der Waals surface area (Å²) in [6.07, 6.45) is 1.79. The molecule has 3 aromatic carbocycles. The van der Waals surface area contributed by atoms with Crippen LogP contribution in [0.1, 0.15) is 5.69 Å². The molecule has 0 spiro atoms. The van der Waals surface area contributed by atoms with Gasteiger partial charge in [-0.25, -0.2) is 14.2 Å². The first-order valence-electron chi connectivity index (χ1n) is 11.9. The van der Waals surface area contributed by atoms with Gasteiger partial charge in [0.25, 0.3) is 0 Å². The lowest BCUT2D eigenvalue weighted by Crippen LogP contribution is -2.43. The molecule has 2 amide bonds. The molecule has 5 rings (SSSR count). The molecule has 0 saturated carbocycles. The van der Waals surface area contributed by atoms with Crippen LogP contribution in [0.4, 0.5) is 20.6 Å². The van der Waals surface area contributed by atoms with Gasteiger partial charge in [-0.1, -0.05) is 0 Å². The van der Waals surface area contributed by atoms with Gasteiger partial charge in [0.05, 0.1) is 30.0 Å². The second kappa shape index (κ2) is 11.2. The van der Waals surface area contributed by atoms with Gasteiger partial charge in [0, 0.05) is 56.2 Å². The topological polar surface area (TPSA) is 101 Å². The van der Waals surface area contributed by atoms with Gasteiger partial charge in [-0.15, -0.1) is 0 Å². The van der Waals surface area contributed by atoms with Crippen molar-refractivity contribution in [2.45, 2.75) is 6.54 Å². The van der Waals surface area contributed by atoms with Crippen LogP contribution < -0.4 is 25.4 Å². The maximum absolute atomic E-state index is 14.8. The molecule has 2 heterocycles. The summed E-state index contributed by atoms with van der Waals surface area (Å²) in [4.78, 5) is 23.8. The Bertz CT molecular complexity index is 1390. The minimum Gasteiger partial charge on any atom is -0.497 e. The van der Waals surface area contributed by atoms with Gasteiger partial charge in [0.15, 0.2) is 11.6 Å². The summed E-state index contributed by atoms with van der Waals surface area (Å²) in [7, 11) is 1.57. The Morgan fingerprint density at radius 3 is 2.46 bits per heavy atom. The van der Waals surface area contributed by atoms with E-state index >= 15 is 0 Å². The van der Waals surface area contributed by atoms with E-state index in [1.165, 1.54) is 12.1 Å². The van der Waals surface area contributed by atoms with Crippen LogP contribution >= 0.6 is 0 Å². The first kappa shape index (κ1) is 24.4. The van der Waals surface area contributed by atoms with Crippen LogP contribution in [0.3, 0.4) is 0 Å². The van der Waals surface area contributed by atoms with Gasteiger partial charge in [-0.3, -0.25) is 9.88 Å². The molecule has 4 aromatic rings. The monoisotopic (exact) mass is 502 g/mol. The van der Waals surface area contributed by atoms with Crippen LogP contribution in [-0.2, 0) is 6.54 Å². The lowest BCUT2D eigenvalue weighted by atomic mass is 10.2. The first-order valence-corrected chi connectivity index (χ1v) is 11.9. The molecule has 1 aromatic heterocycles. The van der Waals surface area contributed by atoms with E-state index in [0.29, 0.717) is 22.7 Å². The minimum atomic E-state index is -0.610. The van der Waals surface area contributed by atoms with Gasteiger partial charge in [0.2, 0.25) is 0 Å². The van der Waals surface area contributed by atoms with Crippen LogP contribution in [0, 0.1) is 5.82 Å². The van der Waals surface area contributed by atoms with Crippen molar-refractivity contribution in [3.8, 4) is 17.2 Å². The molecule has 9 nitrogen and oxygen atoms in total. The Balaban J connectivity index is 1.23. The average molecular weight is 503 g/mol. The number of nitrogens with one attached hydrogen (secondary N) is 3. The zero-order valence-electron chi connectivity index (χ0n) is 20.3. The highest BCUT2D eigenvalue weighted by atomic mass is 19.1. The number of halogens is 1. The molecule has 37 heavy (non-hydrogen) atoms. The summed E-state index contributed by atoms with van der Waals surface area (Å²) < 4.78 is 25.7. The number of nitrogens with zero attached hydrogens (tertiary/aromatic N) is 3. The third-order valence-corrected chi connectivity index (χ3v) is 5.92. The van der Waals surface area contributed by atoms with Crippen molar-refractivity contribution in [3.63, 3.8) is 0 Å². The number of hydrogen-bond donors (Lipinski definition) is 3. The Hall–Kier alpha value is -4.28. The highest BCUT2D eigenvalue weighted by Crippen LogP contribution is 2.28. The third-order valence-electron chi connectivity index (χ3n) is 5.92. The van der Waals surface area contributed by atoms with Gasteiger partial charge >= 0.3 is 6.03 Å². The lowest BCUT2D eigenvalue weighted by Gasteiger charge is -2.26. The van der Waals surface area contributed by atoms with Crippen LogP contribution in [0.5, 0.6) is 17.2 Å². The number of amides is 2. The quantitative estimate of drug-likeness (QED) is 0.339. The van der Waals surface area contributed by atoms with E-state index in [9.17, 15) is 9.18 Å². The highest BCUT2D eigenvalue weighted by Gasteiger charge is 2.13. The predicted octanol–water partition coefficient (Wildman–Crippen LogP) is 4.62. The maximum Gasteiger partial charge on any atom is 0.323 e. The normalized spacial score (nSPS) is 13.8. The molecule has 0 bridgehead atoms. The molecule has 1 aliphatic heterocycles. The number of fused-ring (bicyclic) bond motifs is 1. The van der Waals surface area contributed by atoms with Crippen LogP contribution in [-0.4, -0.2) is 54.2 Å². The number of aromatic nitrogens is 2. The number of carbonyl (C=O) groups excluding carboxylic acids is 1. The number of piperazine rings is 1. The summed E-state index contributed by atoms with van der Waals surface area (Å²) in [5.41, 5.74) is 3.16. The van der Waals surface area contributed by atoms with Gasteiger partial charge in [-0.05, 0) is 48.5 Å². The smallest absolute Gasteiger partial charge is 0.323 e. The number of benzene rings is 3. The molecule has 1 saturated heterocycles. The second-order valence-corrected chi connectivity index (χ2v) is 8.59. The number of ether oxygens (including phenoxy) is 2. The van der Waals surface area contributed by atoms with Crippen molar-refractivity contribution in [1.82, 2.24) is 20.2 Å². The summed E-state index contributed by atoms with van der Waals surface area (Å²) in [5, 5.41) is 8.63. The molecule has 0 aliphatic carbocycles. The first-order chi connectivity index (χ1) is 18.1. The number of methoxy groups -OCH3 is 1. The van der Waals surface area contributed by atoms with E-state index in [1.54, 1.807) is 61.8 Å². The zero-order valence-corrected chi connectivity index (χ0v) is 20.3. The Labute approximate surface area is 213 Å². The number of anilines is 2. The van der Waals surface area contributed by atoms with Crippen molar-refractivity contribution >= 4 is 28.4 Å². The molecular weight excluding hydrogens is 475 g/mol. The fourth-order valence-corrected chi connectivity index (χ4v) is 4.02. The summed E-state index contributed by atoms with van der Waals surface area (Å²) in [5.74, 6) is 0.544. The molecule has 190 valence electrons. The van der Waals surface area contributed by atoms with Crippen molar-refractivity contribution in [1.29, 1.82) is 0 Å². The standard InChI is InChI=1S/C27H27FN6O3/c1-36-21-5-2-18(3-6-21)32-27(35)33-19-4-9-26(23(28)14-19)37-22-7-8-24-25(15-22)31-20(16-30-24)17-34-12-10-29-11-13-34/h2-9,14-16,29H,10-13,17H2,1H3,(H2,32,33,35). The largest absolute Gasteiger partial charge is 0.497 e. The molecule has 1 fully saturated rings. The summed E-state index contributed by atoms with van der Waals surface area (Å²) in [6, 6.07) is 15.9. The molecule has 0 radical (unpaired) electrons. The van der Waals surface area contributed by atoms with Gasteiger partial charge in [-0.2, -0.15) is 0 Å². The highest BCUT2D eigenvalue weighted by molar-refractivity contribution is 5.99. The van der Waals surface area contributed by atoms with Gasteiger partial charge in [0.1, 0.15) is 11.5 Å². The summed E-state index contributed by atoms with van der Waals surface area (Å²) in [6.45, 7) is 4.59. The average Bonchev–Trinajstić information content (AvgIpc) is 2.91. The van der Waals surface area contributed by atoms with Crippen molar-refractivity contribution in [2.75, 3.05) is 43.9 Å². The van der Waals surface area contributed by atoms with Crippen molar-refractivity contribution in [2.24, 2.45) is 0 Å².